The number of nitrogens with zero attached hydrogens (tertiary/aromatic N) is 2. The molecule has 1 fully saturated rings. The van der Waals surface area contributed by atoms with Crippen molar-refractivity contribution in [3.05, 3.63) is 18.0 Å². The SMILES string of the molecule is CCC(NCc1ccn(C2CCCC2)n1)C(C)C. The molecule has 102 valence electrons. The molecule has 1 aliphatic carbocycles. The molecule has 0 radical (unpaired) electrons. The Hall–Kier alpha value is -0.830. The lowest BCUT2D eigenvalue weighted by molar-refractivity contribution is 0.382. The van der Waals surface area contributed by atoms with Crippen LogP contribution >= 0.6 is 0 Å². The Morgan fingerprint density at radius 2 is 2.11 bits per heavy atom. The van der Waals surface area contributed by atoms with Gasteiger partial charge in [-0.2, -0.15) is 5.10 Å². The summed E-state index contributed by atoms with van der Waals surface area (Å²) in [5.41, 5.74) is 1.18. The molecule has 0 bridgehead atoms. The lowest BCUT2D eigenvalue weighted by Crippen LogP contribution is -2.32. The molecule has 3 heteroatoms. The Morgan fingerprint density at radius 1 is 1.39 bits per heavy atom. The van der Waals surface area contributed by atoms with Gasteiger partial charge in [0.2, 0.25) is 0 Å². The van der Waals surface area contributed by atoms with Gasteiger partial charge in [0.15, 0.2) is 0 Å². The van der Waals surface area contributed by atoms with Gasteiger partial charge in [0.25, 0.3) is 0 Å². The van der Waals surface area contributed by atoms with Crippen molar-refractivity contribution < 1.29 is 0 Å². The number of aromatic nitrogens is 2. The molecule has 0 aromatic carbocycles. The lowest BCUT2D eigenvalue weighted by atomic mass is 10.0. The minimum atomic E-state index is 0.599. The first-order chi connectivity index (χ1) is 8.70. The van der Waals surface area contributed by atoms with Gasteiger partial charge in [0.05, 0.1) is 11.7 Å². The predicted molar refractivity (Wildman–Crippen MR) is 75.5 cm³/mol. The second kappa shape index (κ2) is 6.37. The highest BCUT2D eigenvalue weighted by molar-refractivity contribution is 5.00. The van der Waals surface area contributed by atoms with Crippen molar-refractivity contribution in [2.24, 2.45) is 5.92 Å². The molecule has 0 spiro atoms. The number of rotatable bonds is 6. The van der Waals surface area contributed by atoms with E-state index in [1.165, 1.54) is 37.8 Å². The second-order valence-electron chi connectivity index (χ2n) is 5.87. The van der Waals surface area contributed by atoms with Crippen molar-refractivity contribution in [2.75, 3.05) is 0 Å². The molecule has 1 N–H and O–H groups in total. The zero-order valence-corrected chi connectivity index (χ0v) is 12.0. The summed E-state index contributed by atoms with van der Waals surface area (Å²) in [6.07, 6.45) is 8.67. The van der Waals surface area contributed by atoms with Crippen LogP contribution in [-0.2, 0) is 6.54 Å². The van der Waals surface area contributed by atoms with Gasteiger partial charge >= 0.3 is 0 Å². The molecule has 1 aromatic rings. The van der Waals surface area contributed by atoms with Crippen LogP contribution in [0.4, 0.5) is 0 Å². The first kappa shape index (κ1) is 13.6. The number of hydrogen-bond donors (Lipinski definition) is 1. The van der Waals surface area contributed by atoms with E-state index in [-0.39, 0.29) is 0 Å². The highest BCUT2D eigenvalue weighted by Crippen LogP contribution is 2.28. The van der Waals surface area contributed by atoms with Crippen LogP contribution in [0.25, 0.3) is 0 Å². The highest BCUT2D eigenvalue weighted by atomic mass is 15.3. The van der Waals surface area contributed by atoms with Crippen LogP contribution in [0.1, 0.15) is 64.6 Å². The van der Waals surface area contributed by atoms with Crippen LogP contribution in [0.15, 0.2) is 12.3 Å². The quantitative estimate of drug-likeness (QED) is 0.836. The topological polar surface area (TPSA) is 29.9 Å². The molecule has 1 aromatic heterocycles. The smallest absolute Gasteiger partial charge is 0.0762 e. The Kier molecular flexibility index (Phi) is 4.81. The predicted octanol–water partition coefficient (Wildman–Crippen LogP) is 3.52. The summed E-state index contributed by atoms with van der Waals surface area (Å²) in [6.45, 7) is 7.70. The largest absolute Gasteiger partial charge is 0.308 e. The van der Waals surface area contributed by atoms with E-state index < -0.39 is 0 Å². The molecule has 3 nitrogen and oxygen atoms in total. The third-order valence-corrected chi connectivity index (χ3v) is 4.15. The van der Waals surface area contributed by atoms with E-state index >= 15 is 0 Å². The normalized spacial score (nSPS) is 18.7. The zero-order valence-electron chi connectivity index (χ0n) is 12.0. The Balaban J connectivity index is 1.86. The molecule has 0 amide bonds. The fraction of sp³-hybridized carbons (Fsp3) is 0.800. The Morgan fingerprint density at radius 3 is 2.72 bits per heavy atom. The van der Waals surface area contributed by atoms with Gasteiger partial charge in [-0.05, 0) is 31.2 Å². The molecule has 2 rings (SSSR count). The molecule has 1 heterocycles. The van der Waals surface area contributed by atoms with E-state index in [4.69, 9.17) is 5.10 Å². The van der Waals surface area contributed by atoms with Crippen molar-refractivity contribution in [1.29, 1.82) is 0 Å². The second-order valence-corrected chi connectivity index (χ2v) is 5.87. The third kappa shape index (κ3) is 3.35. The average Bonchev–Trinajstić information content (AvgIpc) is 2.99. The number of hydrogen-bond acceptors (Lipinski definition) is 2. The van der Waals surface area contributed by atoms with Crippen LogP contribution < -0.4 is 5.32 Å². The van der Waals surface area contributed by atoms with Gasteiger partial charge in [0.1, 0.15) is 0 Å². The van der Waals surface area contributed by atoms with E-state index in [1.807, 2.05) is 0 Å². The summed E-state index contributed by atoms with van der Waals surface area (Å²) >= 11 is 0. The van der Waals surface area contributed by atoms with Crippen LogP contribution in [0.3, 0.4) is 0 Å². The van der Waals surface area contributed by atoms with Gasteiger partial charge in [-0.1, -0.05) is 33.6 Å². The van der Waals surface area contributed by atoms with Crippen molar-refractivity contribution in [2.45, 2.75) is 71.5 Å². The van der Waals surface area contributed by atoms with Crippen molar-refractivity contribution >= 4 is 0 Å². The van der Waals surface area contributed by atoms with Gasteiger partial charge in [-0.15, -0.1) is 0 Å². The average molecular weight is 249 g/mol. The molecule has 0 aliphatic heterocycles. The lowest BCUT2D eigenvalue weighted by Gasteiger charge is -2.20. The summed E-state index contributed by atoms with van der Waals surface area (Å²) in [5.74, 6) is 0.687. The summed E-state index contributed by atoms with van der Waals surface area (Å²) in [4.78, 5) is 0. The van der Waals surface area contributed by atoms with Crippen molar-refractivity contribution in [3.8, 4) is 0 Å². The molecular weight excluding hydrogens is 222 g/mol. The first-order valence-electron chi connectivity index (χ1n) is 7.48. The number of nitrogens with one attached hydrogen (secondary N) is 1. The first-order valence-corrected chi connectivity index (χ1v) is 7.48. The monoisotopic (exact) mass is 249 g/mol. The minimum Gasteiger partial charge on any atom is -0.308 e. The van der Waals surface area contributed by atoms with Crippen LogP contribution in [-0.4, -0.2) is 15.8 Å². The van der Waals surface area contributed by atoms with Crippen LogP contribution in [0, 0.1) is 5.92 Å². The molecule has 0 saturated heterocycles. The zero-order chi connectivity index (χ0) is 13.0. The molecular formula is C15H27N3. The van der Waals surface area contributed by atoms with E-state index in [2.05, 4.69) is 43.0 Å². The van der Waals surface area contributed by atoms with Gasteiger partial charge < -0.3 is 5.32 Å². The fourth-order valence-electron chi connectivity index (χ4n) is 2.93. The van der Waals surface area contributed by atoms with E-state index in [1.54, 1.807) is 0 Å². The summed E-state index contributed by atoms with van der Waals surface area (Å²) < 4.78 is 2.18. The molecule has 1 unspecified atom stereocenters. The van der Waals surface area contributed by atoms with Gasteiger partial charge in [-0.3, -0.25) is 4.68 Å². The fourth-order valence-corrected chi connectivity index (χ4v) is 2.93. The molecule has 1 aliphatic rings. The minimum absolute atomic E-state index is 0.599. The summed E-state index contributed by atoms with van der Waals surface area (Å²) in [7, 11) is 0. The maximum absolute atomic E-state index is 4.71. The molecule has 18 heavy (non-hydrogen) atoms. The molecule has 1 atom stereocenters. The Bertz CT molecular complexity index is 350. The van der Waals surface area contributed by atoms with Gasteiger partial charge in [-0.25, -0.2) is 0 Å². The summed E-state index contributed by atoms with van der Waals surface area (Å²) in [6, 6.07) is 3.42. The van der Waals surface area contributed by atoms with Gasteiger partial charge in [0, 0.05) is 18.8 Å². The summed E-state index contributed by atoms with van der Waals surface area (Å²) in [5, 5.41) is 8.33. The Labute approximate surface area is 111 Å². The van der Waals surface area contributed by atoms with Crippen molar-refractivity contribution in [3.63, 3.8) is 0 Å². The third-order valence-electron chi connectivity index (χ3n) is 4.15. The maximum atomic E-state index is 4.71. The van der Waals surface area contributed by atoms with E-state index in [0.717, 1.165) is 6.54 Å². The van der Waals surface area contributed by atoms with E-state index in [9.17, 15) is 0 Å². The van der Waals surface area contributed by atoms with Crippen molar-refractivity contribution in [1.82, 2.24) is 15.1 Å². The maximum Gasteiger partial charge on any atom is 0.0762 e. The highest BCUT2D eigenvalue weighted by Gasteiger charge is 2.17. The molecule has 1 saturated carbocycles. The van der Waals surface area contributed by atoms with E-state index in [0.29, 0.717) is 18.0 Å². The van der Waals surface area contributed by atoms with Crippen LogP contribution in [0.2, 0.25) is 0 Å². The standard InChI is InChI=1S/C15H27N3/c1-4-15(12(2)3)16-11-13-9-10-18(17-13)14-7-5-6-8-14/h9-10,12,14-16H,4-8,11H2,1-3H3. The van der Waals surface area contributed by atoms with Crippen LogP contribution in [0.5, 0.6) is 0 Å².